The van der Waals surface area contributed by atoms with Crippen molar-refractivity contribution in [1.82, 2.24) is 0 Å². The van der Waals surface area contributed by atoms with E-state index in [0.29, 0.717) is 5.75 Å². The van der Waals surface area contributed by atoms with Gasteiger partial charge in [-0.15, -0.1) is 0 Å². The molecule has 3 N–H and O–H groups in total. The maximum Gasteiger partial charge on any atom is 0.150 e. The Labute approximate surface area is 92.6 Å². The van der Waals surface area contributed by atoms with Crippen molar-refractivity contribution in [2.45, 2.75) is 12.5 Å². The lowest BCUT2D eigenvalue weighted by Crippen LogP contribution is -2.15. The van der Waals surface area contributed by atoms with Crippen LogP contribution in [0.4, 0.5) is 4.39 Å². The number of methoxy groups -OCH3 is 1. The molecule has 5 heteroatoms. The summed E-state index contributed by atoms with van der Waals surface area (Å²) in [4.78, 5) is 0. The van der Waals surface area contributed by atoms with Gasteiger partial charge in [-0.3, -0.25) is 0 Å². The average Bonchev–Trinajstić information content (AvgIpc) is 2.22. The van der Waals surface area contributed by atoms with Crippen molar-refractivity contribution in [2.75, 3.05) is 13.7 Å². The number of aliphatic hydroxyl groups excluding tert-OH is 1. The van der Waals surface area contributed by atoms with Crippen LogP contribution in [-0.4, -0.2) is 18.8 Å². The number of rotatable bonds is 4. The highest BCUT2D eigenvalue weighted by Crippen LogP contribution is 2.32. The molecule has 0 saturated carbocycles. The summed E-state index contributed by atoms with van der Waals surface area (Å²) in [6, 6.07) is 2.34. The molecule has 1 atom stereocenters. The smallest absolute Gasteiger partial charge is 0.150 e. The summed E-state index contributed by atoms with van der Waals surface area (Å²) in [7, 11) is 1.43. The van der Waals surface area contributed by atoms with Gasteiger partial charge in [0.2, 0.25) is 0 Å². The number of ether oxygens (including phenoxy) is 1. The minimum absolute atomic E-state index is 0.000750. The minimum atomic E-state index is -0.622. The largest absolute Gasteiger partial charge is 0.496 e. The van der Waals surface area contributed by atoms with Crippen LogP contribution in [-0.2, 0) is 0 Å². The van der Waals surface area contributed by atoms with Gasteiger partial charge in [0.25, 0.3) is 0 Å². The second-order valence-electron chi connectivity index (χ2n) is 3.10. The van der Waals surface area contributed by atoms with Gasteiger partial charge in [-0.25, -0.2) is 4.39 Å². The summed E-state index contributed by atoms with van der Waals surface area (Å²) >= 11 is 5.64. The Kier molecular flexibility index (Phi) is 4.32. The third-order valence-electron chi connectivity index (χ3n) is 2.12. The Morgan fingerprint density at radius 3 is 2.80 bits per heavy atom. The normalized spacial score (nSPS) is 12.6. The summed E-state index contributed by atoms with van der Waals surface area (Å²) in [5.41, 5.74) is 5.92. The molecule has 1 aromatic carbocycles. The minimum Gasteiger partial charge on any atom is -0.496 e. The van der Waals surface area contributed by atoms with E-state index in [2.05, 4.69) is 0 Å². The maximum atomic E-state index is 13.6. The zero-order valence-corrected chi connectivity index (χ0v) is 9.09. The predicted octanol–water partition coefficient (Wildman–Crippen LogP) is 1.87. The summed E-state index contributed by atoms with van der Waals surface area (Å²) < 4.78 is 18.6. The highest BCUT2D eigenvalue weighted by molar-refractivity contribution is 6.30. The van der Waals surface area contributed by atoms with E-state index in [4.69, 9.17) is 27.2 Å². The van der Waals surface area contributed by atoms with Crippen molar-refractivity contribution in [1.29, 1.82) is 0 Å². The molecule has 1 rings (SSSR count). The number of nitrogens with two attached hydrogens (primary N) is 1. The Morgan fingerprint density at radius 2 is 2.27 bits per heavy atom. The van der Waals surface area contributed by atoms with E-state index in [9.17, 15) is 4.39 Å². The SMILES string of the molecule is COc1ccc(Cl)c(F)c1C(N)CCO. The highest BCUT2D eigenvalue weighted by Gasteiger charge is 2.19. The lowest BCUT2D eigenvalue weighted by molar-refractivity contribution is 0.273. The van der Waals surface area contributed by atoms with Gasteiger partial charge in [0.1, 0.15) is 11.6 Å². The van der Waals surface area contributed by atoms with Crippen LogP contribution in [0.5, 0.6) is 5.75 Å². The lowest BCUT2D eigenvalue weighted by atomic mass is 10.0. The van der Waals surface area contributed by atoms with Crippen LogP contribution in [0, 0.1) is 5.82 Å². The number of hydrogen-bond donors (Lipinski definition) is 2. The molecule has 0 aliphatic rings. The third-order valence-corrected chi connectivity index (χ3v) is 2.42. The van der Waals surface area contributed by atoms with Crippen molar-refractivity contribution >= 4 is 11.6 Å². The van der Waals surface area contributed by atoms with E-state index in [0.717, 1.165) is 0 Å². The topological polar surface area (TPSA) is 55.5 Å². The van der Waals surface area contributed by atoms with E-state index in [1.165, 1.54) is 13.2 Å². The second-order valence-corrected chi connectivity index (χ2v) is 3.50. The molecule has 0 spiro atoms. The van der Waals surface area contributed by atoms with Gasteiger partial charge in [-0.2, -0.15) is 0 Å². The Hall–Kier alpha value is -0.840. The van der Waals surface area contributed by atoms with Crippen LogP contribution in [0.15, 0.2) is 12.1 Å². The number of halogens is 2. The van der Waals surface area contributed by atoms with Crippen LogP contribution in [0.2, 0.25) is 5.02 Å². The first-order chi connectivity index (χ1) is 7.11. The van der Waals surface area contributed by atoms with Gasteiger partial charge in [0, 0.05) is 18.2 Å². The average molecular weight is 234 g/mol. The monoisotopic (exact) mass is 233 g/mol. The van der Waals surface area contributed by atoms with Crippen LogP contribution in [0.1, 0.15) is 18.0 Å². The van der Waals surface area contributed by atoms with Crippen molar-refractivity contribution in [3.8, 4) is 5.75 Å². The summed E-state index contributed by atoms with van der Waals surface area (Å²) in [6.07, 6.45) is 0.258. The molecule has 0 aliphatic carbocycles. The molecular weight excluding hydrogens is 221 g/mol. The van der Waals surface area contributed by atoms with E-state index >= 15 is 0 Å². The molecule has 0 aromatic heterocycles. The first-order valence-electron chi connectivity index (χ1n) is 4.50. The molecule has 0 aliphatic heterocycles. The van der Waals surface area contributed by atoms with Crippen LogP contribution in [0.3, 0.4) is 0 Å². The van der Waals surface area contributed by atoms with E-state index in [1.54, 1.807) is 6.07 Å². The van der Waals surface area contributed by atoms with Crippen LogP contribution >= 0.6 is 11.6 Å². The van der Waals surface area contributed by atoms with Crippen molar-refractivity contribution in [2.24, 2.45) is 5.73 Å². The van der Waals surface area contributed by atoms with Crippen molar-refractivity contribution < 1.29 is 14.2 Å². The lowest BCUT2D eigenvalue weighted by Gasteiger charge is -2.16. The van der Waals surface area contributed by atoms with Gasteiger partial charge in [-0.05, 0) is 18.6 Å². The maximum absolute atomic E-state index is 13.6. The Bertz CT molecular complexity index is 346. The van der Waals surface area contributed by atoms with Gasteiger partial charge < -0.3 is 15.6 Å². The number of aliphatic hydroxyl groups is 1. The first-order valence-corrected chi connectivity index (χ1v) is 4.88. The molecule has 0 bridgehead atoms. The van der Waals surface area contributed by atoms with Crippen LogP contribution in [0.25, 0.3) is 0 Å². The van der Waals surface area contributed by atoms with Gasteiger partial charge in [0.15, 0.2) is 0 Å². The van der Waals surface area contributed by atoms with E-state index in [1.807, 2.05) is 0 Å². The molecule has 0 amide bonds. The molecular formula is C10H13ClFNO2. The molecule has 15 heavy (non-hydrogen) atoms. The molecule has 0 saturated heterocycles. The number of benzene rings is 1. The molecule has 0 fully saturated rings. The second kappa shape index (κ2) is 5.30. The van der Waals surface area contributed by atoms with Gasteiger partial charge in [0.05, 0.1) is 12.1 Å². The van der Waals surface area contributed by atoms with Crippen molar-refractivity contribution in [3.05, 3.63) is 28.5 Å². The Morgan fingerprint density at radius 1 is 1.60 bits per heavy atom. The van der Waals surface area contributed by atoms with Crippen molar-refractivity contribution in [3.63, 3.8) is 0 Å². The van der Waals surface area contributed by atoms with Gasteiger partial charge in [-0.1, -0.05) is 11.6 Å². The highest BCUT2D eigenvalue weighted by atomic mass is 35.5. The summed E-state index contributed by atoms with van der Waals surface area (Å²) in [5, 5.41) is 8.74. The summed E-state index contributed by atoms with van der Waals surface area (Å²) in [6.45, 7) is -0.115. The molecule has 1 unspecified atom stereocenters. The zero-order chi connectivity index (χ0) is 11.4. The molecule has 0 heterocycles. The Balaban J connectivity index is 3.17. The molecule has 84 valence electrons. The zero-order valence-electron chi connectivity index (χ0n) is 8.34. The predicted molar refractivity (Wildman–Crippen MR) is 56.6 cm³/mol. The fraction of sp³-hybridized carbons (Fsp3) is 0.400. The fourth-order valence-electron chi connectivity index (χ4n) is 1.36. The summed E-state index contributed by atoms with van der Waals surface area (Å²) in [5.74, 6) is -0.241. The standard InChI is InChI=1S/C10H13ClFNO2/c1-15-8-3-2-6(11)10(12)9(8)7(13)4-5-14/h2-3,7,14H,4-5,13H2,1H3. The van der Waals surface area contributed by atoms with Gasteiger partial charge >= 0.3 is 0 Å². The van der Waals surface area contributed by atoms with Crippen LogP contribution < -0.4 is 10.5 Å². The molecule has 0 radical (unpaired) electrons. The van der Waals surface area contributed by atoms with E-state index in [-0.39, 0.29) is 23.6 Å². The molecule has 3 nitrogen and oxygen atoms in total. The third kappa shape index (κ3) is 2.59. The quantitative estimate of drug-likeness (QED) is 0.835. The van der Waals surface area contributed by atoms with E-state index < -0.39 is 11.9 Å². The number of hydrogen-bond acceptors (Lipinski definition) is 3. The fourth-order valence-corrected chi connectivity index (χ4v) is 1.52. The first kappa shape index (κ1) is 12.2. The molecule has 1 aromatic rings.